The van der Waals surface area contributed by atoms with Crippen molar-refractivity contribution in [1.29, 1.82) is 0 Å². The monoisotopic (exact) mass is 1430 g/mol. The Labute approximate surface area is 555 Å². The van der Waals surface area contributed by atoms with Crippen molar-refractivity contribution in [3.63, 3.8) is 0 Å². The first-order valence-electron chi connectivity index (χ1n) is 33.2. The predicted octanol–water partition coefficient (Wildman–Crippen LogP) is 11.0. The number of esters is 2. The van der Waals surface area contributed by atoms with Gasteiger partial charge in [0.25, 0.3) is 0 Å². The number of hydrogen-bond acceptors (Lipinski definition) is 23. The number of ketones is 2. The van der Waals surface area contributed by atoms with E-state index in [-0.39, 0.29) is 99.8 Å². The van der Waals surface area contributed by atoms with Crippen LogP contribution >= 0.6 is 0 Å². The Morgan fingerprint density at radius 2 is 0.620 bits per heavy atom. The van der Waals surface area contributed by atoms with Crippen LogP contribution in [0.4, 0.5) is 0 Å². The molecular formula is C61H107NO22Si8. The molecule has 0 aliphatic carbocycles. The molecule has 6 saturated heterocycles. The standard InChI is InChI=1S/C61H107NO22Si8/c1-45(2)38-86-73-85(37-19-30-62(31-28-56(63)71-35-33-69-54-24-20-52(21-25-54)58(65)60(15,16)67)32-29-57(64)72-36-34-70-55-26-22-53(23-27-55)59(66)61(17,18)68)74-87(39-46(3)4)78-89(76-86,41-48(7)8)82-92(44-51(13)14)83-90(77-86,42-49(9)10)79-88(75-85,40-47(5)6)81-91(80-87,84-92)43-50(11)12/h20-27,45-51,67-68H,19,28-44H2,1-18H3. The number of aliphatic hydroxyl groups is 2. The first-order valence-corrected chi connectivity index (χ1v) is 48.7. The van der Waals surface area contributed by atoms with E-state index in [0.29, 0.717) is 77.9 Å². The van der Waals surface area contributed by atoms with E-state index < -0.39 is 105 Å². The van der Waals surface area contributed by atoms with Crippen LogP contribution in [0, 0.1) is 41.4 Å². The van der Waals surface area contributed by atoms with E-state index in [1.165, 1.54) is 27.7 Å². The van der Waals surface area contributed by atoms with Crippen LogP contribution in [0.3, 0.4) is 0 Å². The average Bonchev–Trinajstić information content (AvgIpc) is 0.686. The van der Waals surface area contributed by atoms with Crippen molar-refractivity contribution in [1.82, 2.24) is 4.90 Å². The van der Waals surface area contributed by atoms with Crippen LogP contribution in [0.5, 0.6) is 11.5 Å². The molecule has 0 amide bonds. The Kier molecular flexibility index (Phi) is 26.0. The molecule has 0 atom stereocenters. The molecule has 6 heterocycles. The van der Waals surface area contributed by atoms with E-state index in [4.69, 9.17) is 68.3 Å². The zero-order valence-electron chi connectivity index (χ0n) is 57.9. The summed E-state index contributed by atoms with van der Waals surface area (Å²) in [6, 6.07) is 15.4. The molecule has 0 unspecified atom stereocenters. The Balaban J connectivity index is 1.22. The van der Waals surface area contributed by atoms with Gasteiger partial charge in [-0.05, 0) is 131 Å². The van der Waals surface area contributed by atoms with Gasteiger partial charge in [0, 0.05) is 72.6 Å². The molecule has 0 aromatic heterocycles. The first-order chi connectivity index (χ1) is 42.7. The molecule has 8 bridgehead atoms. The van der Waals surface area contributed by atoms with Gasteiger partial charge in [-0.15, -0.1) is 0 Å². The number of hydrogen-bond donors (Lipinski definition) is 2. The molecule has 6 aliphatic heterocycles. The number of carbonyl (C=O) groups is 4. The lowest BCUT2D eigenvalue weighted by Gasteiger charge is -2.64. The fraction of sp³-hybridized carbons (Fsp3) is 0.738. The Morgan fingerprint density at radius 3 is 0.848 bits per heavy atom. The summed E-state index contributed by atoms with van der Waals surface area (Å²) in [5.41, 5.74) is -2.39. The summed E-state index contributed by atoms with van der Waals surface area (Å²) >= 11 is 0. The highest BCUT2D eigenvalue weighted by Gasteiger charge is 2.83. The van der Waals surface area contributed by atoms with Crippen molar-refractivity contribution in [3.8, 4) is 11.5 Å². The Morgan fingerprint density at radius 1 is 0.380 bits per heavy atom. The second-order valence-electron chi connectivity index (χ2n) is 29.3. The molecule has 92 heavy (non-hydrogen) atoms. The van der Waals surface area contributed by atoms with Gasteiger partial charge in [-0.25, -0.2) is 0 Å². The summed E-state index contributed by atoms with van der Waals surface area (Å²) in [6.07, 6.45) is 0.277. The van der Waals surface area contributed by atoms with Crippen molar-refractivity contribution < 1.29 is 97.7 Å². The van der Waals surface area contributed by atoms with E-state index in [9.17, 15) is 29.4 Å². The summed E-state index contributed by atoms with van der Waals surface area (Å²) in [4.78, 5) is 54.4. The minimum absolute atomic E-state index is 0.00411. The normalized spacial score (nSPS) is 28.9. The maximum atomic E-state index is 13.6. The summed E-state index contributed by atoms with van der Waals surface area (Å²) in [5.74, 6) is -0.978. The molecule has 0 radical (unpaired) electrons. The molecule has 6 fully saturated rings. The molecule has 6 aliphatic rings. The van der Waals surface area contributed by atoms with Gasteiger partial charge < -0.3 is 83.4 Å². The van der Waals surface area contributed by atoms with Crippen molar-refractivity contribution in [3.05, 3.63) is 59.7 Å². The van der Waals surface area contributed by atoms with Crippen LogP contribution < -0.4 is 9.47 Å². The van der Waals surface area contributed by atoms with Crippen LogP contribution in [-0.4, -0.2) is 166 Å². The molecule has 23 nitrogen and oxygen atoms in total. The summed E-state index contributed by atoms with van der Waals surface area (Å²) in [7, 11) is -33.5. The van der Waals surface area contributed by atoms with E-state index in [0.717, 1.165) is 0 Å². The smallest absolute Gasteiger partial charge is 0.479 e. The Bertz CT molecular complexity index is 2540. The first kappa shape index (κ1) is 76.8. The van der Waals surface area contributed by atoms with Gasteiger partial charge in [0.05, 0.1) is 12.8 Å². The van der Waals surface area contributed by atoms with E-state index in [2.05, 4.69) is 96.9 Å². The molecule has 2 N–H and O–H groups in total. The largest absolute Gasteiger partial charge is 0.490 e. The fourth-order valence-electron chi connectivity index (χ4n) is 12.1. The van der Waals surface area contributed by atoms with E-state index in [1.54, 1.807) is 48.5 Å². The second kappa shape index (κ2) is 31.1. The number of rotatable bonds is 36. The van der Waals surface area contributed by atoms with Crippen molar-refractivity contribution in [2.45, 2.75) is 203 Å². The lowest BCUT2D eigenvalue weighted by molar-refractivity contribution is -0.145. The van der Waals surface area contributed by atoms with Gasteiger partial charge in [-0.2, -0.15) is 0 Å². The SMILES string of the molecule is CC(C)C[Si]12O[Si]3(CCCN(CCC(=O)OCCOc4ccc(C(=O)C(C)(C)O)cc4)CCC(=O)OCCOc4ccc(C(=O)C(C)(C)O)cc4)O[Si]4(CC(C)C)O[Si](CC(C)C)(O1)O[Si]1(CC(C)C)O[Si](CC(C)C)(O2)O[Si](CC(C)C)(O3)O[Si](CC(C)C)(O4)O1. The molecule has 2 aromatic rings. The van der Waals surface area contributed by atoms with Gasteiger partial charge in [0.1, 0.15) is 49.1 Å². The van der Waals surface area contributed by atoms with Crippen molar-refractivity contribution in [2.75, 3.05) is 46.1 Å². The summed E-state index contributed by atoms with van der Waals surface area (Å²) in [6.45, 7) is 36.0. The molecule has 0 spiro atoms. The van der Waals surface area contributed by atoms with Crippen LogP contribution in [0.2, 0.25) is 48.4 Å². The van der Waals surface area contributed by atoms with Gasteiger partial charge in [-0.1, -0.05) is 96.9 Å². The number of nitrogens with zero attached hydrogens (tertiary/aromatic N) is 1. The highest BCUT2D eigenvalue weighted by molar-refractivity contribution is 7.03. The van der Waals surface area contributed by atoms with Crippen molar-refractivity contribution in [2.24, 2.45) is 41.4 Å². The molecule has 520 valence electrons. The number of Topliss-reactive ketones (excluding diaryl/α,β-unsaturated/α-hetero) is 2. The third kappa shape index (κ3) is 21.2. The summed E-state index contributed by atoms with van der Waals surface area (Å²) in [5, 5.41) is 20.4. The van der Waals surface area contributed by atoms with Gasteiger partial charge in [0.2, 0.25) is 0 Å². The molecular weight excluding hydrogens is 1320 g/mol. The van der Waals surface area contributed by atoms with Crippen LogP contribution in [-0.2, 0) is 68.4 Å². The quantitative estimate of drug-likeness (QED) is 0.0278. The average molecular weight is 1430 g/mol. The van der Waals surface area contributed by atoms with Crippen molar-refractivity contribution >= 4 is 93.9 Å². The highest BCUT2D eigenvalue weighted by atomic mass is 28.6. The zero-order valence-corrected chi connectivity index (χ0v) is 65.9. The van der Waals surface area contributed by atoms with E-state index >= 15 is 0 Å². The van der Waals surface area contributed by atoms with Gasteiger partial charge in [-0.3, -0.25) is 19.2 Å². The Hall–Kier alpha value is -2.54. The second-order valence-corrected chi connectivity index (χ2v) is 53.4. The summed E-state index contributed by atoms with van der Waals surface area (Å²) < 4.78 is 118. The maximum absolute atomic E-state index is 13.6. The minimum Gasteiger partial charge on any atom is -0.490 e. The lowest BCUT2D eigenvalue weighted by atomic mass is 9.97. The number of ether oxygens (including phenoxy) is 4. The number of benzene rings is 2. The highest BCUT2D eigenvalue weighted by Crippen LogP contribution is 2.56. The predicted molar refractivity (Wildman–Crippen MR) is 359 cm³/mol. The third-order valence-electron chi connectivity index (χ3n) is 15.1. The maximum Gasteiger partial charge on any atom is 0.479 e. The lowest BCUT2D eigenvalue weighted by Crippen LogP contribution is -2.88. The van der Waals surface area contributed by atoms with Crippen LogP contribution in [0.25, 0.3) is 0 Å². The third-order valence-corrected chi connectivity index (χ3v) is 55.2. The fourth-order valence-corrected chi connectivity index (χ4v) is 63.7. The van der Waals surface area contributed by atoms with Gasteiger partial charge >= 0.3 is 82.4 Å². The molecule has 31 heteroatoms. The molecule has 8 rings (SSSR count). The topological polar surface area (TPSA) is 260 Å². The molecule has 2 aromatic carbocycles. The number of carbonyl (C=O) groups excluding carboxylic acids is 4. The van der Waals surface area contributed by atoms with Gasteiger partial charge in [0.15, 0.2) is 11.6 Å². The van der Waals surface area contributed by atoms with Crippen LogP contribution in [0.1, 0.15) is 165 Å². The van der Waals surface area contributed by atoms with E-state index in [1.807, 2.05) is 4.90 Å². The zero-order chi connectivity index (χ0) is 67.9. The van der Waals surface area contributed by atoms with Crippen LogP contribution in [0.15, 0.2) is 48.5 Å². The molecule has 0 saturated carbocycles. The minimum atomic E-state index is -4.37.